The Hall–Kier alpha value is -2.68. The van der Waals surface area contributed by atoms with Crippen molar-refractivity contribution in [3.05, 3.63) is 77.8 Å². The lowest BCUT2D eigenvalue weighted by molar-refractivity contribution is -0.119. The van der Waals surface area contributed by atoms with Gasteiger partial charge in [-0.05, 0) is 67.6 Å². The monoisotopic (exact) mass is 504 g/mol. The fraction of sp³-hybridized carbons (Fsp3) is 0.208. The van der Waals surface area contributed by atoms with Crippen molar-refractivity contribution in [2.24, 2.45) is 0 Å². The molecule has 0 radical (unpaired) electrons. The topological polar surface area (TPSA) is 84.5 Å². The van der Waals surface area contributed by atoms with E-state index in [2.05, 4.69) is 10.6 Å². The van der Waals surface area contributed by atoms with E-state index >= 15 is 0 Å². The molecule has 3 aromatic carbocycles. The number of ether oxygens (including phenoxy) is 1. The Bertz CT molecular complexity index is 1170. The van der Waals surface area contributed by atoms with Crippen LogP contribution in [0.1, 0.15) is 6.92 Å². The molecule has 3 rings (SSSR count). The molecule has 0 saturated carbocycles. The second kappa shape index (κ2) is 12.0. The van der Waals surface area contributed by atoms with Gasteiger partial charge >= 0.3 is 0 Å². The van der Waals surface area contributed by atoms with Crippen molar-refractivity contribution in [2.45, 2.75) is 21.6 Å². The van der Waals surface area contributed by atoms with E-state index in [0.717, 1.165) is 4.90 Å². The highest BCUT2D eigenvalue weighted by atomic mass is 35.5. The Morgan fingerprint density at radius 2 is 1.70 bits per heavy atom. The molecule has 0 aliphatic carbocycles. The van der Waals surface area contributed by atoms with Crippen LogP contribution in [0.2, 0.25) is 5.02 Å². The van der Waals surface area contributed by atoms with E-state index in [0.29, 0.717) is 35.4 Å². The Balaban J connectivity index is 1.56. The molecule has 2 N–H and O–H groups in total. The van der Waals surface area contributed by atoms with Gasteiger partial charge < -0.3 is 15.4 Å². The van der Waals surface area contributed by atoms with E-state index in [4.69, 9.17) is 16.3 Å². The summed E-state index contributed by atoms with van der Waals surface area (Å²) < 4.78 is 31.7. The molecule has 0 aliphatic heterocycles. The van der Waals surface area contributed by atoms with Gasteiger partial charge in [0.1, 0.15) is 5.75 Å². The van der Waals surface area contributed by atoms with E-state index in [1.807, 2.05) is 31.2 Å². The van der Waals surface area contributed by atoms with Gasteiger partial charge in [0.25, 0.3) is 0 Å². The average Bonchev–Trinajstić information content (AvgIpc) is 2.82. The van der Waals surface area contributed by atoms with Crippen molar-refractivity contribution in [3.63, 3.8) is 0 Å². The maximum atomic E-state index is 13.1. The number of hydrogen-bond donors (Lipinski definition) is 2. The molecule has 6 nitrogen and oxygen atoms in total. The van der Waals surface area contributed by atoms with E-state index in [-0.39, 0.29) is 22.2 Å². The highest BCUT2D eigenvalue weighted by Crippen LogP contribution is 2.28. The van der Waals surface area contributed by atoms with Crippen LogP contribution in [0.15, 0.2) is 87.5 Å². The molecule has 0 fully saturated rings. The lowest BCUT2D eigenvalue weighted by Crippen LogP contribution is -2.31. The van der Waals surface area contributed by atoms with Crippen LogP contribution in [0.25, 0.3) is 0 Å². The maximum absolute atomic E-state index is 13.1. The normalized spacial score (nSPS) is 11.1. The minimum Gasteiger partial charge on any atom is -0.494 e. The zero-order valence-corrected chi connectivity index (χ0v) is 20.5. The largest absolute Gasteiger partial charge is 0.494 e. The van der Waals surface area contributed by atoms with Crippen molar-refractivity contribution in [1.29, 1.82) is 0 Å². The van der Waals surface area contributed by atoms with Crippen molar-refractivity contribution < 1.29 is 17.9 Å². The summed E-state index contributed by atoms with van der Waals surface area (Å²) >= 11 is 7.49. The summed E-state index contributed by atoms with van der Waals surface area (Å²) in [6, 6.07) is 20.3. The van der Waals surface area contributed by atoms with Gasteiger partial charge in [-0.1, -0.05) is 23.7 Å². The summed E-state index contributed by atoms with van der Waals surface area (Å²) in [5.74, 6) is 1.09. The van der Waals surface area contributed by atoms with Crippen molar-refractivity contribution >= 4 is 44.8 Å². The van der Waals surface area contributed by atoms with Gasteiger partial charge in [-0.3, -0.25) is 4.79 Å². The smallest absolute Gasteiger partial charge is 0.239 e. The Morgan fingerprint density at radius 1 is 1.00 bits per heavy atom. The predicted molar refractivity (Wildman–Crippen MR) is 133 cm³/mol. The molecule has 9 heteroatoms. The number of halogens is 1. The number of carbonyl (C=O) groups is 1. The predicted octanol–water partition coefficient (Wildman–Crippen LogP) is 4.89. The first-order valence-electron chi connectivity index (χ1n) is 10.4. The molecule has 0 saturated heterocycles. The number of anilines is 1. The van der Waals surface area contributed by atoms with E-state index in [1.165, 1.54) is 18.2 Å². The number of hydrogen-bond acceptors (Lipinski definition) is 6. The summed E-state index contributed by atoms with van der Waals surface area (Å²) in [6.07, 6.45) is 0. The maximum Gasteiger partial charge on any atom is 0.239 e. The van der Waals surface area contributed by atoms with Crippen LogP contribution in [0.3, 0.4) is 0 Å². The number of benzene rings is 3. The standard InChI is InChI=1S/C24H25ClN2O4S2/c1-2-31-19-9-13-21(14-10-19)33(29,30)23-6-4-3-5-22(23)27-17-24(28)26-15-16-32-20-11-7-18(25)8-12-20/h3-14,27H,2,15-17H2,1H3,(H,26,28). The molecule has 3 aromatic rings. The van der Waals surface area contributed by atoms with Crippen molar-refractivity contribution in [3.8, 4) is 5.75 Å². The summed E-state index contributed by atoms with van der Waals surface area (Å²) in [6.45, 7) is 2.81. The Morgan fingerprint density at radius 3 is 2.39 bits per heavy atom. The third kappa shape index (κ3) is 7.15. The molecule has 0 atom stereocenters. The fourth-order valence-electron chi connectivity index (χ4n) is 2.98. The van der Waals surface area contributed by atoms with Crippen molar-refractivity contribution in [2.75, 3.05) is 30.8 Å². The zero-order chi connectivity index (χ0) is 23.7. The molecule has 1 amide bonds. The summed E-state index contributed by atoms with van der Waals surface area (Å²) in [5.41, 5.74) is 0.372. The van der Waals surface area contributed by atoms with Crippen LogP contribution in [0.5, 0.6) is 5.75 Å². The van der Waals surface area contributed by atoms with Crippen LogP contribution < -0.4 is 15.4 Å². The fourth-order valence-corrected chi connectivity index (χ4v) is 5.31. The lowest BCUT2D eigenvalue weighted by Gasteiger charge is -2.13. The highest BCUT2D eigenvalue weighted by molar-refractivity contribution is 7.99. The van der Waals surface area contributed by atoms with Gasteiger partial charge in [0.05, 0.1) is 28.6 Å². The van der Waals surface area contributed by atoms with Crippen LogP contribution in [0.4, 0.5) is 5.69 Å². The van der Waals surface area contributed by atoms with Gasteiger partial charge in [0, 0.05) is 22.2 Å². The summed E-state index contributed by atoms with van der Waals surface area (Å²) in [7, 11) is -3.77. The zero-order valence-electron chi connectivity index (χ0n) is 18.1. The minimum atomic E-state index is -3.77. The quantitative estimate of drug-likeness (QED) is 0.285. The molecule has 174 valence electrons. The number of nitrogens with one attached hydrogen (secondary N) is 2. The van der Waals surface area contributed by atoms with Gasteiger partial charge in [-0.25, -0.2) is 8.42 Å². The average molecular weight is 505 g/mol. The van der Waals surface area contributed by atoms with Gasteiger partial charge in [-0.15, -0.1) is 11.8 Å². The first-order valence-corrected chi connectivity index (χ1v) is 13.2. The number of sulfone groups is 1. The van der Waals surface area contributed by atoms with Gasteiger partial charge in [0.15, 0.2) is 0 Å². The summed E-state index contributed by atoms with van der Waals surface area (Å²) in [4.78, 5) is 13.6. The molecular formula is C24H25ClN2O4S2. The van der Waals surface area contributed by atoms with Crippen molar-refractivity contribution in [1.82, 2.24) is 5.32 Å². The van der Waals surface area contributed by atoms with Gasteiger partial charge in [0.2, 0.25) is 15.7 Å². The third-order valence-electron chi connectivity index (χ3n) is 4.57. The van der Waals surface area contributed by atoms with E-state index in [1.54, 1.807) is 42.1 Å². The molecule has 0 heterocycles. The molecule has 0 bridgehead atoms. The van der Waals surface area contributed by atoms with Crippen LogP contribution in [-0.2, 0) is 14.6 Å². The molecule has 0 aromatic heterocycles. The molecule has 0 aliphatic rings. The number of carbonyl (C=O) groups excluding carboxylic acids is 1. The van der Waals surface area contributed by atoms with Crippen LogP contribution >= 0.6 is 23.4 Å². The Kier molecular flexibility index (Phi) is 9.05. The molecular weight excluding hydrogens is 480 g/mol. The number of thioether (sulfide) groups is 1. The van der Waals surface area contributed by atoms with E-state index in [9.17, 15) is 13.2 Å². The lowest BCUT2D eigenvalue weighted by atomic mass is 10.3. The Labute approximate surface area is 203 Å². The summed E-state index contributed by atoms with van der Waals surface area (Å²) in [5, 5.41) is 6.46. The minimum absolute atomic E-state index is 0.0403. The SMILES string of the molecule is CCOc1ccc(S(=O)(=O)c2ccccc2NCC(=O)NCCSc2ccc(Cl)cc2)cc1. The van der Waals surface area contributed by atoms with Gasteiger partial charge in [-0.2, -0.15) is 0 Å². The second-order valence-electron chi connectivity index (χ2n) is 6.91. The first kappa shape index (κ1) is 25.0. The first-order chi connectivity index (χ1) is 15.9. The van der Waals surface area contributed by atoms with E-state index < -0.39 is 9.84 Å². The number of amides is 1. The second-order valence-corrected chi connectivity index (χ2v) is 10.4. The highest BCUT2D eigenvalue weighted by Gasteiger charge is 2.21. The third-order valence-corrected chi connectivity index (χ3v) is 7.66. The molecule has 33 heavy (non-hydrogen) atoms. The molecule has 0 spiro atoms. The molecule has 0 unspecified atom stereocenters. The number of para-hydroxylation sites is 1. The van der Waals surface area contributed by atoms with Crippen LogP contribution in [0, 0.1) is 0 Å². The van der Waals surface area contributed by atoms with Crippen LogP contribution in [-0.4, -0.2) is 39.8 Å². The number of rotatable bonds is 11.